The molecule has 0 atom stereocenters. The van der Waals surface area contributed by atoms with Gasteiger partial charge in [0.1, 0.15) is 12.3 Å². The van der Waals surface area contributed by atoms with Crippen LogP contribution in [-0.4, -0.2) is 34.7 Å². The number of aryl methyl sites for hydroxylation is 1. The molecule has 31 heavy (non-hydrogen) atoms. The van der Waals surface area contributed by atoms with E-state index in [1.165, 1.54) is 4.90 Å². The molecule has 3 aromatic rings. The Labute approximate surface area is 183 Å². The highest BCUT2D eigenvalue weighted by Crippen LogP contribution is 2.13. The molecule has 0 N–H and O–H groups in total. The molecule has 1 aromatic heterocycles. The smallest absolute Gasteiger partial charge is 0.254 e. The van der Waals surface area contributed by atoms with E-state index in [1.54, 1.807) is 23.3 Å². The fraction of sp³-hybridized carbons (Fsp3) is 0.231. The van der Waals surface area contributed by atoms with E-state index in [0.29, 0.717) is 31.0 Å². The number of furan rings is 1. The van der Waals surface area contributed by atoms with Gasteiger partial charge in [0.15, 0.2) is 0 Å². The maximum absolute atomic E-state index is 13.3. The summed E-state index contributed by atoms with van der Waals surface area (Å²) in [4.78, 5) is 29.5. The lowest BCUT2D eigenvalue weighted by atomic mass is 10.1. The molecule has 0 unspecified atom stereocenters. The predicted octanol–water partition coefficient (Wildman–Crippen LogP) is 4.70. The fourth-order valence-electron chi connectivity index (χ4n) is 3.33. The van der Waals surface area contributed by atoms with Gasteiger partial charge < -0.3 is 14.2 Å². The molecule has 3 rings (SSSR count). The monoisotopic (exact) mass is 416 g/mol. The van der Waals surface area contributed by atoms with E-state index in [1.807, 2.05) is 60.7 Å². The second-order valence-electron chi connectivity index (χ2n) is 7.34. The van der Waals surface area contributed by atoms with Crippen molar-refractivity contribution in [3.63, 3.8) is 0 Å². The van der Waals surface area contributed by atoms with Crippen molar-refractivity contribution in [1.29, 1.82) is 0 Å². The highest BCUT2D eigenvalue weighted by Gasteiger charge is 2.22. The molecule has 0 spiro atoms. The Balaban J connectivity index is 1.77. The maximum Gasteiger partial charge on any atom is 0.254 e. The van der Waals surface area contributed by atoms with Gasteiger partial charge in [-0.25, -0.2) is 0 Å². The molecular weight excluding hydrogens is 388 g/mol. The van der Waals surface area contributed by atoms with Crippen LogP contribution in [-0.2, 0) is 24.3 Å². The summed E-state index contributed by atoms with van der Waals surface area (Å²) in [5, 5.41) is 0. The van der Waals surface area contributed by atoms with Crippen molar-refractivity contribution in [1.82, 2.24) is 9.80 Å². The first-order chi connectivity index (χ1) is 15.1. The van der Waals surface area contributed by atoms with Crippen LogP contribution in [0.3, 0.4) is 0 Å². The molecule has 1 heterocycles. The van der Waals surface area contributed by atoms with Gasteiger partial charge >= 0.3 is 0 Å². The topological polar surface area (TPSA) is 53.8 Å². The predicted molar refractivity (Wildman–Crippen MR) is 121 cm³/mol. The van der Waals surface area contributed by atoms with Crippen molar-refractivity contribution >= 4 is 11.8 Å². The van der Waals surface area contributed by atoms with E-state index in [9.17, 15) is 9.59 Å². The molecule has 0 radical (unpaired) electrons. The zero-order chi connectivity index (χ0) is 22.1. The summed E-state index contributed by atoms with van der Waals surface area (Å²) in [7, 11) is 0. The molecule has 0 saturated heterocycles. The van der Waals surface area contributed by atoms with Crippen LogP contribution in [0.4, 0.5) is 0 Å². The van der Waals surface area contributed by atoms with Crippen LogP contribution < -0.4 is 0 Å². The summed E-state index contributed by atoms with van der Waals surface area (Å²) in [6.45, 7) is 6.85. The highest BCUT2D eigenvalue weighted by molar-refractivity contribution is 5.96. The average molecular weight is 417 g/mol. The van der Waals surface area contributed by atoms with Crippen LogP contribution in [0.2, 0.25) is 0 Å². The zero-order valence-corrected chi connectivity index (χ0v) is 17.9. The van der Waals surface area contributed by atoms with E-state index in [4.69, 9.17) is 4.42 Å². The number of carbonyl (C=O) groups is 2. The van der Waals surface area contributed by atoms with E-state index < -0.39 is 0 Å². The van der Waals surface area contributed by atoms with Gasteiger partial charge in [-0.3, -0.25) is 9.59 Å². The van der Waals surface area contributed by atoms with Crippen LogP contribution in [0.15, 0.2) is 90.1 Å². The summed E-state index contributed by atoms with van der Waals surface area (Å²) >= 11 is 0. The highest BCUT2D eigenvalue weighted by atomic mass is 16.3. The zero-order valence-electron chi connectivity index (χ0n) is 17.9. The number of benzene rings is 2. The summed E-state index contributed by atoms with van der Waals surface area (Å²) < 4.78 is 5.45. The molecule has 5 nitrogen and oxygen atoms in total. The Morgan fingerprint density at radius 2 is 1.65 bits per heavy atom. The summed E-state index contributed by atoms with van der Waals surface area (Å²) in [6, 6.07) is 20.9. The Bertz CT molecular complexity index is 979. The van der Waals surface area contributed by atoms with Gasteiger partial charge in [-0.15, -0.1) is 6.58 Å². The quantitative estimate of drug-likeness (QED) is 0.450. The van der Waals surface area contributed by atoms with Crippen LogP contribution in [0, 0.1) is 0 Å². The van der Waals surface area contributed by atoms with Gasteiger partial charge in [0.05, 0.1) is 12.8 Å². The number of nitrogens with zero attached hydrogens (tertiary/aromatic N) is 2. The molecule has 5 heteroatoms. The lowest BCUT2D eigenvalue weighted by molar-refractivity contribution is -0.133. The Kier molecular flexibility index (Phi) is 7.82. The standard InChI is InChI=1S/C26H28N2O3/c1-3-16-27(26(30)23-14-12-21(4-2)13-15-23)20-25(29)28(19-24-11-8-17-31-24)18-22-9-6-5-7-10-22/h3,5-15,17H,1,4,16,18-20H2,2H3. The summed E-state index contributed by atoms with van der Waals surface area (Å²) in [5.74, 6) is 0.357. The van der Waals surface area contributed by atoms with Crippen molar-refractivity contribution in [3.05, 3.63) is 108 Å². The van der Waals surface area contributed by atoms with Crippen molar-refractivity contribution in [2.75, 3.05) is 13.1 Å². The molecule has 0 aliphatic rings. The van der Waals surface area contributed by atoms with Crippen LogP contribution in [0.1, 0.15) is 34.2 Å². The summed E-state index contributed by atoms with van der Waals surface area (Å²) in [6.07, 6.45) is 4.14. The Hall–Kier alpha value is -3.60. The van der Waals surface area contributed by atoms with E-state index in [0.717, 1.165) is 17.5 Å². The van der Waals surface area contributed by atoms with Gasteiger partial charge in [0.2, 0.25) is 5.91 Å². The van der Waals surface area contributed by atoms with Gasteiger partial charge in [-0.1, -0.05) is 55.5 Å². The van der Waals surface area contributed by atoms with E-state index in [2.05, 4.69) is 13.5 Å². The molecule has 160 valence electrons. The van der Waals surface area contributed by atoms with Gasteiger partial charge in [0, 0.05) is 18.7 Å². The third-order valence-corrected chi connectivity index (χ3v) is 5.07. The third-order valence-electron chi connectivity index (χ3n) is 5.07. The normalized spacial score (nSPS) is 10.5. The van der Waals surface area contributed by atoms with Gasteiger partial charge in [0.25, 0.3) is 5.91 Å². The minimum Gasteiger partial charge on any atom is -0.467 e. The van der Waals surface area contributed by atoms with Crippen molar-refractivity contribution in [2.45, 2.75) is 26.4 Å². The van der Waals surface area contributed by atoms with E-state index in [-0.39, 0.29) is 18.4 Å². The second kappa shape index (κ2) is 11.0. The Morgan fingerprint density at radius 3 is 2.26 bits per heavy atom. The first kappa shape index (κ1) is 22.1. The van der Waals surface area contributed by atoms with E-state index >= 15 is 0 Å². The van der Waals surface area contributed by atoms with Crippen LogP contribution in [0.5, 0.6) is 0 Å². The van der Waals surface area contributed by atoms with Crippen LogP contribution >= 0.6 is 0 Å². The molecule has 2 amide bonds. The molecular formula is C26H28N2O3. The maximum atomic E-state index is 13.3. The fourth-order valence-corrected chi connectivity index (χ4v) is 3.33. The minimum atomic E-state index is -0.187. The molecule has 0 fully saturated rings. The number of hydrogen-bond donors (Lipinski definition) is 0. The van der Waals surface area contributed by atoms with Crippen LogP contribution in [0.25, 0.3) is 0 Å². The number of rotatable bonds is 10. The van der Waals surface area contributed by atoms with Crippen molar-refractivity contribution in [2.24, 2.45) is 0 Å². The van der Waals surface area contributed by atoms with Gasteiger partial charge in [-0.05, 0) is 41.8 Å². The first-order valence-electron chi connectivity index (χ1n) is 10.4. The average Bonchev–Trinajstić information content (AvgIpc) is 3.32. The number of amides is 2. The third kappa shape index (κ3) is 6.19. The van der Waals surface area contributed by atoms with Crippen molar-refractivity contribution < 1.29 is 14.0 Å². The molecule has 2 aromatic carbocycles. The SMILES string of the molecule is C=CCN(CC(=O)N(Cc1ccccc1)Cc1ccco1)C(=O)c1ccc(CC)cc1. The molecule has 0 aliphatic carbocycles. The lowest BCUT2D eigenvalue weighted by Crippen LogP contribution is -2.42. The molecule has 0 bridgehead atoms. The lowest BCUT2D eigenvalue weighted by Gasteiger charge is -2.27. The number of hydrogen-bond acceptors (Lipinski definition) is 3. The molecule has 0 aliphatic heterocycles. The largest absolute Gasteiger partial charge is 0.467 e. The first-order valence-corrected chi connectivity index (χ1v) is 10.4. The van der Waals surface area contributed by atoms with Crippen molar-refractivity contribution in [3.8, 4) is 0 Å². The number of carbonyl (C=O) groups excluding carboxylic acids is 2. The minimum absolute atomic E-state index is 0.0338. The Morgan fingerprint density at radius 1 is 0.903 bits per heavy atom. The molecule has 0 saturated carbocycles. The summed E-state index contributed by atoms with van der Waals surface area (Å²) in [5.41, 5.74) is 2.74. The second-order valence-corrected chi connectivity index (χ2v) is 7.34. The van der Waals surface area contributed by atoms with Gasteiger partial charge in [-0.2, -0.15) is 0 Å².